The van der Waals surface area contributed by atoms with Gasteiger partial charge in [0, 0.05) is 23.1 Å². The molecule has 3 aromatic carbocycles. The third-order valence-corrected chi connectivity index (χ3v) is 9.11. The fourth-order valence-electron chi connectivity index (χ4n) is 4.41. The Morgan fingerprint density at radius 3 is 2.12 bits per heavy atom. The molecule has 1 unspecified atom stereocenters. The molecule has 0 saturated carbocycles. The van der Waals surface area contributed by atoms with Gasteiger partial charge in [-0.25, -0.2) is 8.42 Å². The molecule has 0 aliphatic carbocycles. The Labute approximate surface area is 253 Å². The second kappa shape index (κ2) is 14.2. The summed E-state index contributed by atoms with van der Waals surface area (Å²) in [6.45, 7) is 9.19. The van der Waals surface area contributed by atoms with E-state index in [-0.39, 0.29) is 17.3 Å². The maximum atomic E-state index is 14.1. The van der Waals surface area contributed by atoms with Gasteiger partial charge in [-0.2, -0.15) is 0 Å². The first kappa shape index (κ1) is 32.4. The zero-order valence-electron chi connectivity index (χ0n) is 24.1. The molecule has 1 atom stereocenters. The van der Waals surface area contributed by atoms with E-state index in [2.05, 4.69) is 5.32 Å². The number of amides is 2. The second-order valence-corrected chi connectivity index (χ2v) is 13.0. The number of sulfonamides is 1. The van der Waals surface area contributed by atoms with E-state index in [4.69, 9.17) is 23.2 Å². The Balaban J connectivity index is 2.06. The number of hydrogen-bond donors (Lipinski definition) is 1. The van der Waals surface area contributed by atoms with Crippen LogP contribution in [-0.2, 0) is 26.2 Å². The molecule has 7 nitrogen and oxygen atoms in total. The van der Waals surface area contributed by atoms with Crippen LogP contribution in [0.15, 0.2) is 65.6 Å². The lowest BCUT2D eigenvalue weighted by Gasteiger charge is -2.32. The van der Waals surface area contributed by atoms with Crippen LogP contribution in [0.2, 0.25) is 10.0 Å². The number of nitrogens with one attached hydrogen (secondary N) is 1. The summed E-state index contributed by atoms with van der Waals surface area (Å²) >= 11 is 12.5. The highest BCUT2D eigenvalue weighted by molar-refractivity contribution is 7.92. The Bertz CT molecular complexity index is 1470. The van der Waals surface area contributed by atoms with Crippen LogP contribution in [0.3, 0.4) is 0 Å². The zero-order chi connectivity index (χ0) is 30.3. The Hall–Kier alpha value is -3.07. The van der Waals surface area contributed by atoms with Crippen molar-refractivity contribution in [2.75, 3.05) is 17.4 Å². The van der Waals surface area contributed by atoms with E-state index in [9.17, 15) is 18.0 Å². The maximum Gasteiger partial charge on any atom is 0.264 e. The van der Waals surface area contributed by atoms with Crippen molar-refractivity contribution in [2.24, 2.45) is 0 Å². The SMILES string of the molecule is CCCCNC(=O)C(C)N(Cc1ccc(Cl)cc1Cl)C(=O)CN(c1cc(C)cc(C)c1)S(=O)(=O)c1ccc(C)cc1. The van der Waals surface area contributed by atoms with Gasteiger partial charge in [0.25, 0.3) is 10.0 Å². The molecule has 220 valence electrons. The molecule has 0 saturated heterocycles. The van der Waals surface area contributed by atoms with Crippen LogP contribution in [0, 0.1) is 20.8 Å². The van der Waals surface area contributed by atoms with E-state index >= 15 is 0 Å². The number of rotatable bonds is 12. The van der Waals surface area contributed by atoms with Gasteiger partial charge in [-0.3, -0.25) is 13.9 Å². The van der Waals surface area contributed by atoms with Crippen molar-refractivity contribution in [3.05, 3.63) is 93.0 Å². The highest BCUT2D eigenvalue weighted by Crippen LogP contribution is 2.28. The average Bonchev–Trinajstić information content (AvgIpc) is 2.90. The topological polar surface area (TPSA) is 86.8 Å². The summed E-state index contributed by atoms with van der Waals surface area (Å²) < 4.78 is 29.1. The number of halogens is 2. The minimum absolute atomic E-state index is 0.0114. The van der Waals surface area contributed by atoms with Crippen LogP contribution >= 0.6 is 23.2 Å². The van der Waals surface area contributed by atoms with E-state index in [0.29, 0.717) is 27.8 Å². The van der Waals surface area contributed by atoms with Crippen molar-refractivity contribution in [2.45, 2.75) is 64.9 Å². The number of carbonyl (C=O) groups excluding carboxylic acids is 2. The van der Waals surface area contributed by atoms with Crippen LogP contribution in [-0.4, -0.2) is 44.3 Å². The lowest BCUT2D eigenvalue weighted by molar-refractivity contribution is -0.139. The lowest BCUT2D eigenvalue weighted by Crippen LogP contribution is -2.51. The van der Waals surface area contributed by atoms with E-state index in [1.165, 1.54) is 17.0 Å². The fraction of sp³-hybridized carbons (Fsp3) is 0.355. The normalized spacial score (nSPS) is 12.1. The summed E-state index contributed by atoms with van der Waals surface area (Å²) in [5, 5.41) is 3.65. The summed E-state index contributed by atoms with van der Waals surface area (Å²) in [6, 6.07) is 15.9. The van der Waals surface area contributed by atoms with Crippen molar-refractivity contribution in [3.63, 3.8) is 0 Å². The Morgan fingerprint density at radius 1 is 0.902 bits per heavy atom. The fourth-order valence-corrected chi connectivity index (χ4v) is 6.28. The highest BCUT2D eigenvalue weighted by atomic mass is 35.5. The van der Waals surface area contributed by atoms with Crippen molar-refractivity contribution in [3.8, 4) is 0 Å². The van der Waals surface area contributed by atoms with Gasteiger partial charge >= 0.3 is 0 Å². The van der Waals surface area contributed by atoms with Gasteiger partial charge in [0.05, 0.1) is 10.6 Å². The molecule has 0 fully saturated rings. The molecule has 1 N–H and O–H groups in total. The number of hydrogen-bond acceptors (Lipinski definition) is 4. The molecule has 0 aliphatic rings. The summed E-state index contributed by atoms with van der Waals surface area (Å²) in [7, 11) is -4.14. The first-order chi connectivity index (χ1) is 19.3. The van der Waals surface area contributed by atoms with Gasteiger partial charge in [0.2, 0.25) is 11.8 Å². The Morgan fingerprint density at radius 2 is 1.54 bits per heavy atom. The van der Waals surface area contributed by atoms with E-state index in [0.717, 1.165) is 33.8 Å². The third-order valence-electron chi connectivity index (χ3n) is 6.73. The minimum Gasteiger partial charge on any atom is -0.354 e. The van der Waals surface area contributed by atoms with Gasteiger partial charge in [-0.15, -0.1) is 0 Å². The number of benzene rings is 3. The molecule has 3 rings (SSSR count). The first-order valence-corrected chi connectivity index (χ1v) is 15.7. The van der Waals surface area contributed by atoms with Gasteiger partial charge in [-0.05, 0) is 87.2 Å². The molecular weight excluding hydrogens is 581 g/mol. The largest absolute Gasteiger partial charge is 0.354 e. The number of anilines is 1. The number of carbonyl (C=O) groups is 2. The quantitative estimate of drug-likeness (QED) is 0.237. The summed E-state index contributed by atoms with van der Waals surface area (Å²) in [4.78, 5) is 28.6. The molecule has 0 spiro atoms. The molecule has 0 aromatic heterocycles. The Kier molecular flexibility index (Phi) is 11.2. The van der Waals surface area contributed by atoms with Crippen LogP contribution in [0.25, 0.3) is 0 Å². The predicted molar refractivity (Wildman–Crippen MR) is 166 cm³/mol. The summed E-state index contributed by atoms with van der Waals surface area (Å²) in [5.41, 5.74) is 3.56. The van der Waals surface area contributed by atoms with Crippen LogP contribution in [0.4, 0.5) is 5.69 Å². The van der Waals surface area contributed by atoms with Crippen molar-refractivity contribution in [1.29, 1.82) is 0 Å². The minimum atomic E-state index is -4.14. The van der Waals surface area contributed by atoms with Crippen molar-refractivity contribution >= 4 is 50.7 Å². The molecule has 0 aliphatic heterocycles. The van der Waals surface area contributed by atoms with Crippen molar-refractivity contribution in [1.82, 2.24) is 10.2 Å². The van der Waals surface area contributed by atoms with Gasteiger partial charge in [0.1, 0.15) is 12.6 Å². The van der Waals surface area contributed by atoms with E-state index in [1.807, 2.05) is 33.8 Å². The maximum absolute atomic E-state index is 14.1. The number of nitrogens with zero attached hydrogens (tertiary/aromatic N) is 2. The van der Waals surface area contributed by atoms with Crippen molar-refractivity contribution < 1.29 is 18.0 Å². The second-order valence-electron chi connectivity index (χ2n) is 10.2. The first-order valence-electron chi connectivity index (χ1n) is 13.5. The molecule has 0 radical (unpaired) electrons. The molecular formula is C31H37Cl2N3O4S. The monoisotopic (exact) mass is 617 g/mol. The molecule has 0 bridgehead atoms. The molecule has 10 heteroatoms. The number of aryl methyl sites for hydroxylation is 3. The molecule has 41 heavy (non-hydrogen) atoms. The van der Waals surface area contributed by atoms with Gasteiger partial charge < -0.3 is 10.2 Å². The molecule has 3 aromatic rings. The van der Waals surface area contributed by atoms with Crippen LogP contribution < -0.4 is 9.62 Å². The lowest BCUT2D eigenvalue weighted by atomic mass is 10.1. The zero-order valence-corrected chi connectivity index (χ0v) is 26.4. The van der Waals surface area contributed by atoms with Crippen LogP contribution in [0.5, 0.6) is 0 Å². The van der Waals surface area contributed by atoms with E-state index < -0.39 is 28.5 Å². The summed E-state index contributed by atoms with van der Waals surface area (Å²) in [5.74, 6) is -0.889. The summed E-state index contributed by atoms with van der Waals surface area (Å²) in [6.07, 6.45) is 1.70. The van der Waals surface area contributed by atoms with Crippen LogP contribution in [0.1, 0.15) is 48.9 Å². The molecule has 2 amide bonds. The van der Waals surface area contributed by atoms with Gasteiger partial charge in [-0.1, -0.05) is 66.4 Å². The van der Waals surface area contributed by atoms with Gasteiger partial charge in [0.15, 0.2) is 0 Å². The smallest absolute Gasteiger partial charge is 0.264 e. The van der Waals surface area contributed by atoms with E-state index in [1.54, 1.807) is 49.4 Å². The standard InChI is InChI=1S/C31H37Cl2N3O4S/c1-6-7-14-34-31(38)24(5)35(19-25-10-11-26(32)18-29(25)33)30(37)20-36(27-16-22(3)15-23(4)17-27)41(39,40)28-12-8-21(2)9-13-28/h8-13,15-18,24H,6-7,14,19-20H2,1-5H3,(H,34,38). The molecule has 0 heterocycles. The number of unbranched alkanes of at least 4 members (excludes halogenated alkanes) is 1. The third kappa shape index (κ3) is 8.47. The predicted octanol–water partition coefficient (Wildman–Crippen LogP) is 6.45. The average molecular weight is 619 g/mol. The highest BCUT2D eigenvalue weighted by Gasteiger charge is 2.33.